The molecule has 0 saturated carbocycles. The fourth-order valence-corrected chi connectivity index (χ4v) is 0.890. The largest absolute Gasteiger partial charge is 0.359 e. The number of amides is 1. The van der Waals surface area contributed by atoms with Gasteiger partial charge in [0, 0.05) is 13.0 Å². The zero-order valence-electron chi connectivity index (χ0n) is 7.55. The molecule has 0 spiro atoms. The van der Waals surface area contributed by atoms with Gasteiger partial charge in [-0.2, -0.15) is 0 Å². The van der Waals surface area contributed by atoms with E-state index in [0.29, 0.717) is 0 Å². The number of hydrogen-bond acceptors (Lipinski definition) is 1. The summed E-state index contributed by atoms with van der Waals surface area (Å²) in [7, 11) is 1.68. The van der Waals surface area contributed by atoms with Gasteiger partial charge >= 0.3 is 0 Å². The van der Waals surface area contributed by atoms with Crippen molar-refractivity contribution < 1.29 is 4.79 Å². The second-order valence-electron chi connectivity index (χ2n) is 2.66. The number of allylic oxidation sites excluding steroid dienone is 2. The van der Waals surface area contributed by atoms with E-state index in [4.69, 9.17) is 0 Å². The van der Waals surface area contributed by atoms with E-state index in [-0.39, 0.29) is 11.8 Å². The summed E-state index contributed by atoms with van der Waals surface area (Å²) in [4.78, 5) is 11.0. The highest BCUT2D eigenvalue weighted by Crippen LogP contribution is 2.05. The van der Waals surface area contributed by atoms with Crippen LogP contribution < -0.4 is 5.32 Å². The maximum absolute atomic E-state index is 11.0. The smallest absolute Gasteiger partial charge is 0.222 e. The van der Waals surface area contributed by atoms with Gasteiger partial charge in [-0.25, -0.2) is 0 Å². The van der Waals surface area contributed by atoms with Crippen molar-refractivity contribution in [1.82, 2.24) is 5.32 Å². The summed E-state index contributed by atoms with van der Waals surface area (Å²) >= 11 is 0. The first-order valence-electron chi connectivity index (χ1n) is 4.05. The number of carbonyl (C=O) groups excluding carboxylic acids is 1. The molecule has 1 N–H and O–H groups in total. The third kappa shape index (κ3) is 4.59. The molecule has 0 heterocycles. The Morgan fingerprint density at radius 2 is 2.27 bits per heavy atom. The van der Waals surface area contributed by atoms with Crippen LogP contribution in [0.4, 0.5) is 0 Å². The molecule has 0 aliphatic carbocycles. The molecule has 0 aliphatic heterocycles. The molecule has 0 aromatic heterocycles. The summed E-state index contributed by atoms with van der Waals surface area (Å²) in [5.74, 6) is 0.269. The minimum absolute atomic E-state index is 0.134. The monoisotopic (exact) mass is 155 g/mol. The fourth-order valence-electron chi connectivity index (χ4n) is 0.890. The van der Waals surface area contributed by atoms with Gasteiger partial charge in [0.05, 0.1) is 0 Å². The number of nitrogens with one attached hydrogen (secondary N) is 1. The molecule has 1 amide bonds. The molecule has 2 nitrogen and oxygen atoms in total. The molecule has 0 aromatic rings. The van der Waals surface area contributed by atoms with Gasteiger partial charge in [0.1, 0.15) is 0 Å². The molecule has 11 heavy (non-hydrogen) atoms. The second kappa shape index (κ2) is 5.96. The Labute approximate surface area is 68.7 Å². The second-order valence-corrected chi connectivity index (χ2v) is 2.66. The van der Waals surface area contributed by atoms with E-state index < -0.39 is 0 Å². The van der Waals surface area contributed by atoms with Crippen LogP contribution in [0.3, 0.4) is 0 Å². The maximum atomic E-state index is 11.0. The van der Waals surface area contributed by atoms with Gasteiger partial charge < -0.3 is 5.32 Å². The van der Waals surface area contributed by atoms with Crippen LogP contribution in [-0.2, 0) is 4.79 Å². The first-order valence-corrected chi connectivity index (χ1v) is 4.05. The molecule has 2 heteroatoms. The van der Waals surface area contributed by atoms with Crippen molar-refractivity contribution in [3.05, 3.63) is 12.2 Å². The summed E-state index contributed by atoms with van der Waals surface area (Å²) in [6, 6.07) is 0. The molecule has 1 unspecified atom stereocenters. The van der Waals surface area contributed by atoms with E-state index in [0.717, 1.165) is 12.8 Å². The van der Waals surface area contributed by atoms with Crippen LogP contribution in [-0.4, -0.2) is 13.0 Å². The number of carbonyl (C=O) groups is 1. The maximum Gasteiger partial charge on any atom is 0.222 e. The summed E-state index contributed by atoms with van der Waals surface area (Å²) in [5.41, 5.74) is 0. The van der Waals surface area contributed by atoms with Gasteiger partial charge in [-0.05, 0) is 19.8 Å². The van der Waals surface area contributed by atoms with E-state index in [1.165, 1.54) is 0 Å². The Morgan fingerprint density at radius 1 is 1.64 bits per heavy atom. The molecular formula is C9H17NO. The SMILES string of the molecule is CC=CCCC(C)C(=O)NC. The van der Waals surface area contributed by atoms with Crippen LogP contribution in [0.25, 0.3) is 0 Å². The van der Waals surface area contributed by atoms with Gasteiger partial charge in [0.25, 0.3) is 0 Å². The Kier molecular flexibility index (Phi) is 5.53. The van der Waals surface area contributed by atoms with Gasteiger partial charge in [-0.15, -0.1) is 0 Å². The lowest BCUT2D eigenvalue weighted by Crippen LogP contribution is -2.24. The Balaban J connectivity index is 3.51. The molecule has 64 valence electrons. The van der Waals surface area contributed by atoms with Crippen molar-refractivity contribution in [2.75, 3.05) is 7.05 Å². The Hall–Kier alpha value is -0.790. The normalized spacial score (nSPS) is 13.4. The predicted molar refractivity (Wildman–Crippen MR) is 47.3 cm³/mol. The lowest BCUT2D eigenvalue weighted by molar-refractivity contribution is -0.124. The highest BCUT2D eigenvalue weighted by molar-refractivity contribution is 5.77. The zero-order chi connectivity index (χ0) is 8.69. The molecular weight excluding hydrogens is 138 g/mol. The van der Waals surface area contributed by atoms with Crippen molar-refractivity contribution in [3.8, 4) is 0 Å². The third-order valence-corrected chi connectivity index (χ3v) is 1.70. The standard InChI is InChI=1S/C9H17NO/c1-4-5-6-7-8(2)9(11)10-3/h4-5,8H,6-7H2,1-3H3,(H,10,11). The summed E-state index contributed by atoms with van der Waals surface area (Å²) in [5, 5.41) is 2.63. The molecule has 0 rings (SSSR count). The van der Waals surface area contributed by atoms with Crippen molar-refractivity contribution >= 4 is 5.91 Å². The van der Waals surface area contributed by atoms with Gasteiger partial charge in [0.15, 0.2) is 0 Å². The molecule has 0 radical (unpaired) electrons. The number of hydrogen-bond donors (Lipinski definition) is 1. The van der Waals surface area contributed by atoms with Crippen LogP contribution in [0.1, 0.15) is 26.7 Å². The van der Waals surface area contributed by atoms with E-state index in [1.807, 2.05) is 19.9 Å². The molecule has 0 aliphatic rings. The van der Waals surface area contributed by atoms with Crippen LogP contribution in [0.15, 0.2) is 12.2 Å². The number of rotatable bonds is 4. The summed E-state index contributed by atoms with van der Waals surface area (Å²) < 4.78 is 0. The van der Waals surface area contributed by atoms with Crippen LogP contribution in [0.2, 0.25) is 0 Å². The van der Waals surface area contributed by atoms with Crippen LogP contribution in [0, 0.1) is 5.92 Å². The van der Waals surface area contributed by atoms with Gasteiger partial charge in [-0.1, -0.05) is 19.1 Å². The van der Waals surface area contributed by atoms with Gasteiger partial charge in [-0.3, -0.25) is 4.79 Å². The summed E-state index contributed by atoms with van der Waals surface area (Å²) in [6.07, 6.45) is 6.02. The average Bonchev–Trinajstić information content (AvgIpc) is 2.03. The topological polar surface area (TPSA) is 29.1 Å². The van der Waals surface area contributed by atoms with Crippen molar-refractivity contribution in [2.45, 2.75) is 26.7 Å². The lowest BCUT2D eigenvalue weighted by atomic mass is 10.1. The van der Waals surface area contributed by atoms with Crippen molar-refractivity contribution in [2.24, 2.45) is 5.92 Å². The first-order chi connectivity index (χ1) is 5.22. The first kappa shape index (κ1) is 10.2. The molecule has 0 saturated heterocycles. The highest BCUT2D eigenvalue weighted by Gasteiger charge is 2.08. The van der Waals surface area contributed by atoms with Crippen molar-refractivity contribution in [1.29, 1.82) is 0 Å². The molecule has 0 bridgehead atoms. The molecule has 0 aromatic carbocycles. The van der Waals surface area contributed by atoms with E-state index in [2.05, 4.69) is 11.4 Å². The van der Waals surface area contributed by atoms with Crippen LogP contribution in [0.5, 0.6) is 0 Å². The third-order valence-electron chi connectivity index (χ3n) is 1.70. The summed E-state index contributed by atoms with van der Waals surface area (Å²) in [6.45, 7) is 3.94. The average molecular weight is 155 g/mol. The fraction of sp³-hybridized carbons (Fsp3) is 0.667. The Bertz CT molecular complexity index is 140. The van der Waals surface area contributed by atoms with E-state index >= 15 is 0 Å². The Morgan fingerprint density at radius 3 is 2.73 bits per heavy atom. The highest BCUT2D eigenvalue weighted by atomic mass is 16.1. The minimum Gasteiger partial charge on any atom is -0.359 e. The van der Waals surface area contributed by atoms with E-state index in [9.17, 15) is 4.79 Å². The predicted octanol–water partition coefficient (Wildman–Crippen LogP) is 1.72. The quantitative estimate of drug-likeness (QED) is 0.615. The van der Waals surface area contributed by atoms with Crippen LogP contribution >= 0.6 is 0 Å². The minimum atomic E-state index is 0.134. The van der Waals surface area contributed by atoms with Gasteiger partial charge in [0.2, 0.25) is 5.91 Å². The molecule has 1 atom stereocenters. The van der Waals surface area contributed by atoms with Crippen molar-refractivity contribution in [3.63, 3.8) is 0 Å². The lowest BCUT2D eigenvalue weighted by Gasteiger charge is -2.06. The molecule has 0 fully saturated rings. The van der Waals surface area contributed by atoms with E-state index in [1.54, 1.807) is 7.05 Å². The zero-order valence-corrected chi connectivity index (χ0v) is 7.55.